The van der Waals surface area contributed by atoms with Gasteiger partial charge in [-0.1, -0.05) is 23.5 Å². The minimum atomic E-state index is -0.217. The maximum atomic E-state index is 12.4. The van der Waals surface area contributed by atoms with Crippen LogP contribution in [0.15, 0.2) is 18.2 Å². The lowest BCUT2D eigenvalue weighted by atomic mass is 10.0. The maximum Gasteiger partial charge on any atom is 0.254 e. The summed E-state index contributed by atoms with van der Waals surface area (Å²) in [6.07, 6.45) is 0.794. The molecule has 0 saturated heterocycles. The summed E-state index contributed by atoms with van der Waals surface area (Å²) in [6.45, 7) is 2.98. The molecular formula is C16H21NO3. The van der Waals surface area contributed by atoms with Crippen LogP contribution in [0.3, 0.4) is 0 Å². The smallest absolute Gasteiger partial charge is 0.254 e. The number of hydrogen-bond donors (Lipinski definition) is 1. The van der Waals surface area contributed by atoms with Gasteiger partial charge in [0.05, 0.1) is 5.56 Å². The highest BCUT2D eigenvalue weighted by atomic mass is 16.5. The Bertz CT molecular complexity index is 514. The Balaban J connectivity index is 2.92. The van der Waals surface area contributed by atoms with Gasteiger partial charge in [-0.05, 0) is 25.5 Å². The molecule has 20 heavy (non-hydrogen) atoms. The van der Waals surface area contributed by atoms with Gasteiger partial charge in [0, 0.05) is 32.9 Å². The standard InChI is InChI=1S/C16H21NO3/c1-13-7-8-14(6-4-10-18)15(12-13)16(19)17(2)9-5-11-20-3/h7-8,12,18H,5,9-11H2,1-3H3. The number of carbonyl (C=O) groups is 1. The number of benzene rings is 1. The summed E-state index contributed by atoms with van der Waals surface area (Å²) in [5.74, 6) is 5.34. The van der Waals surface area contributed by atoms with Gasteiger partial charge in [0.1, 0.15) is 6.61 Å². The molecule has 1 N–H and O–H groups in total. The molecule has 1 amide bonds. The van der Waals surface area contributed by atoms with E-state index in [2.05, 4.69) is 11.8 Å². The second kappa shape index (κ2) is 8.36. The summed E-state index contributed by atoms with van der Waals surface area (Å²) in [5.41, 5.74) is 2.23. The Morgan fingerprint density at radius 2 is 2.20 bits per heavy atom. The van der Waals surface area contributed by atoms with Gasteiger partial charge in [0.15, 0.2) is 0 Å². The molecule has 0 aromatic heterocycles. The van der Waals surface area contributed by atoms with Crippen LogP contribution in [0.5, 0.6) is 0 Å². The molecule has 1 aromatic carbocycles. The fourth-order valence-electron chi connectivity index (χ4n) is 1.83. The Morgan fingerprint density at radius 3 is 2.85 bits per heavy atom. The Labute approximate surface area is 120 Å². The number of hydrogen-bond acceptors (Lipinski definition) is 3. The van der Waals surface area contributed by atoms with E-state index in [1.807, 2.05) is 25.1 Å². The highest BCUT2D eigenvalue weighted by Gasteiger charge is 2.15. The summed E-state index contributed by atoms with van der Waals surface area (Å²) in [5, 5.41) is 8.78. The third-order valence-electron chi connectivity index (χ3n) is 2.90. The molecule has 0 radical (unpaired) electrons. The van der Waals surface area contributed by atoms with Gasteiger partial charge >= 0.3 is 0 Å². The van der Waals surface area contributed by atoms with Crippen molar-refractivity contribution in [3.63, 3.8) is 0 Å². The number of aliphatic hydroxyl groups is 1. The topological polar surface area (TPSA) is 49.8 Å². The first-order valence-electron chi connectivity index (χ1n) is 6.55. The van der Waals surface area contributed by atoms with Gasteiger partial charge in [-0.25, -0.2) is 0 Å². The molecule has 0 aliphatic rings. The van der Waals surface area contributed by atoms with E-state index >= 15 is 0 Å². The van der Waals surface area contributed by atoms with Crippen molar-refractivity contribution < 1.29 is 14.6 Å². The van der Waals surface area contributed by atoms with Gasteiger partial charge in [-0.2, -0.15) is 0 Å². The number of carbonyl (C=O) groups excluding carboxylic acids is 1. The van der Waals surface area contributed by atoms with Crippen LogP contribution in [0.25, 0.3) is 0 Å². The van der Waals surface area contributed by atoms with E-state index < -0.39 is 0 Å². The Hall–Kier alpha value is -1.83. The van der Waals surface area contributed by atoms with Crippen LogP contribution in [0, 0.1) is 18.8 Å². The molecule has 0 spiro atoms. The lowest BCUT2D eigenvalue weighted by Gasteiger charge is -2.18. The summed E-state index contributed by atoms with van der Waals surface area (Å²) in [7, 11) is 3.41. The van der Waals surface area contributed by atoms with Gasteiger partial charge in [-0.3, -0.25) is 4.79 Å². The van der Waals surface area contributed by atoms with Crippen molar-refractivity contribution in [2.75, 3.05) is 33.9 Å². The molecule has 1 rings (SSSR count). The summed E-state index contributed by atoms with van der Waals surface area (Å²) in [4.78, 5) is 14.1. The number of nitrogens with zero attached hydrogens (tertiary/aromatic N) is 1. The zero-order chi connectivity index (χ0) is 15.0. The minimum Gasteiger partial charge on any atom is -0.385 e. The Kier molecular flexibility index (Phi) is 6.78. The van der Waals surface area contributed by atoms with Crippen LogP contribution in [-0.4, -0.2) is 49.8 Å². The SMILES string of the molecule is COCCCN(C)C(=O)c1cc(C)ccc1C#CCO. The van der Waals surface area contributed by atoms with E-state index in [4.69, 9.17) is 9.84 Å². The average molecular weight is 275 g/mol. The molecule has 108 valence electrons. The zero-order valence-corrected chi connectivity index (χ0v) is 12.3. The largest absolute Gasteiger partial charge is 0.385 e. The van der Waals surface area contributed by atoms with Crippen LogP contribution in [-0.2, 0) is 4.74 Å². The average Bonchev–Trinajstić information content (AvgIpc) is 2.45. The summed E-state index contributed by atoms with van der Waals surface area (Å²) >= 11 is 0. The van der Waals surface area contributed by atoms with Crippen molar-refractivity contribution in [3.05, 3.63) is 34.9 Å². The van der Waals surface area contributed by atoms with Crippen LogP contribution < -0.4 is 0 Å². The van der Waals surface area contributed by atoms with E-state index in [-0.39, 0.29) is 12.5 Å². The van der Waals surface area contributed by atoms with Crippen molar-refractivity contribution in [3.8, 4) is 11.8 Å². The predicted molar refractivity (Wildman–Crippen MR) is 78.6 cm³/mol. The molecule has 4 nitrogen and oxygen atoms in total. The quantitative estimate of drug-likeness (QED) is 0.653. The van der Waals surface area contributed by atoms with Crippen molar-refractivity contribution >= 4 is 5.91 Å². The van der Waals surface area contributed by atoms with Gasteiger partial charge < -0.3 is 14.7 Å². The molecule has 0 unspecified atom stereocenters. The number of rotatable bonds is 5. The maximum absolute atomic E-state index is 12.4. The van der Waals surface area contributed by atoms with E-state index in [1.165, 1.54) is 0 Å². The molecule has 0 fully saturated rings. The minimum absolute atomic E-state index is 0.0629. The normalized spacial score (nSPS) is 9.80. The van der Waals surface area contributed by atoms with E-state index in [0.717, 1.165) is 12.0 Å². The number of aryl methyl sites for hydroxylation is 1. The van der Waals surface area contributed by atoms with Gasteiger partial charge in [0.2, 0.25) is 0 Å². The highest BCUT2D eigenvalue weighted by Crippen LogP contribution is 2.13. The van der Waals surface area contributed by atoms with Crippen LogP contribution in [0.1, 0.15) is 27.9 Å². The van der Waals surface area contributed by atoms with Crippen LogP contribution in [0.2, 0.25) is 0 Å². The van der Waals surface area contributed by atoms with Crippen LogP contribution in [0.4, 0.5) is 0 Å². The fraction of sp³-hybridized carbons (Fsp3) is 0.438. The number of ether oxygens (including phenoxy) is 1. The number of aliphatic hydroxyl groups excluding tert-OH is 1. The van der Waals surface area contributed by atoms with Crippen LogP contribution >= 0.6 is 0 Å². The van der Waals surface area contributed by atoms with Gasteiger partial charge in [0.25, 0.3) is 5.91 Å². The monoisotopic (exact) mass is 275 g/mol. The number of amides is 1. The van der Waals surface area contributed by atoms with Crippen molar-refractivity contribution in [1.29, 1.82) is 0 Å². The first-order chi connectivity index (χ1) is 9.60. The molecule has 0 bridgehead atoms. The van der Waals surface area contributed by atoms with Crippen molar-refractivity contribution in [2.24, 2.45) is 0 Å². The van der Waals surface area contributed by atoms with Gasteiger partial charge in [-0.15, -0.1) is 0 Å². The second-order valence-corrected chi connectivity index (χ2v) is 4.58. The first-order valence-corrected chi connectivity index (χ1v) is 6.55. The summed E-state index contributed by atoms with van der Waals surface area (Å²) < 4.78 is 4.99. The molecule has 1 aromatic rings. The molecule has 0 saturated carbocycles. The Morgan fingerprint density at radius 1 is 1.45 bits per heavy atom. The number of methoxy groups -OCH3 is 1. The highest BCUT2D eigenvalue weighted by molar-refractivity contribution is 5.96. The molecule has 0 aliphatic carbocycles. The third-order valence-corrected chi connectivity index (χ3v) is 2.90. The van der Waals surface area contributed by atoms with E-state index in [0.29, 0.717) is 24.3 Å². The molecular weight excluding hydrogens is 254 g/mol. The van der Waals surface area contributed by atoms with Crippen molar-refractivity contribution in [1.82, 2.24) is 4.90 Å². The van der Waals surface area contributed by atoms with E-state index in [9.17, 15) is 4.79 Å². The molecule has 4 heteroatoms. The first kappa shape index (κ1) is 16.2. The zero-order valence-electron chi connectivity index (χ0n) is 12.3. The lowest BCUT2D eigenvalue weighted by Crippen LogP contribution is -2.29. The third kappa shape index (κ3) is 4.69. The van der Waals surface area contributed by atoms with Crippen molar-refractivity contribution in [2.45, 2.75) is 13.3 Å². The predicted octanol–water partition coefficient (Wildman–Crippen LogP) is 1.45. The second-order valence-electron chi connectivity index (χ2n) is 4.58. The summed E-state index contributed by atoms with van der Waals surface area (Å²) in [6, 6.07) is 5.55. The molecule has 0 aliphatic heterocycles. The fourth-order valence-corrected chi connectivity index (χ4v) is 1.83. The molecule has 0 atom stereocenters. The molecule has 0 heterocycles. The lowest BCUT2D eigenvalue weighted by molar-refractivity contribution is 0.0779. The van der Waals surface area contributed by atoms with E-state index in [1.54, 1.807) is 19.1 Å².